The summed E-state index contributed by atoms with van der Waals surface area (Å²) in [7, 11) is 0. The van der Waals surface area contributed by atoms with Gasteiger partial charge in [-0.05, 0) is 56.4 Å². The highest BCUT2D eigenvalue weighted by Crippen LogP contribution is 2.23. The van der Waals surface area contributed by atoms with E-state index in [4.69, 9.17) is 4.74 Å². The van der Waals surface area contributed by atoms with Crippen LogP contribution in [0.3, 0.4) is 0 Å². The van der Waals surface area contributed by atoms with E-state index in [1.807, 2.05) is 0 Å². The van der Waals surface area contributed by atoms with Gasteiger partial charge in [0.25, 0.3) is 0 Å². The maximum absolute atomic E-state index is 5.94. The molecule has 0 bridgehead atoms. The summed E-state index contributed by atoms with van der Waals surface area (Å²) in [6.07, 6.45) is 9.23. The molecule has 1 nitrogen and oxygen atoms in total. The first-order valence-electron chi connectivity index (χ1n) is 7.91. The molecule has 0 aliphatic rings. The van der Waals surface area contributed by atoms with Crippen LogP contribution in [-0.2, 0) is 0 Å². The van der Waals surface area contributed by atoms with E-state index in [-0.39, 0.29) is 0 Å². The van der Waals surface area contributed by atoms with E-state index in [1.54, 1.807) is 0 Å². The lowest BCUT2D eigenvalue weighted by Gasteiger charge is -2.12. The van der Waals surface area contributed by atoms with Crippen LogP contribution < -0.4 is 4.74 Å². The van der Waals surface area contributed by atoms with Gasteiger partial charge in [0.05, 0.1) is 6.61 Å². The van der Waals surface area contributed by atoms with Gasteiger partial charge < -0.3 is 4.74 Å². The van der Waals surface area contributed by atoms with Crippen molar-refractivity contribution in [3.63, 3.8) is 0 Å². The molecule has 1 rings (SSSR count). The van der Waals surface area contributed by atoms with Crippen molar-refractivity contribution in [1.29, 1.82) is 0 Å². The SMILES string of the molecule is Cc1cc(C)c(C)c(OCCCCCCCCCBr)c1. The molecule has 1 aromatic carbocycles. The van der Waals surface area contributed by atoms with Crippen LogP contribution in [0, 0.1) is 20.8 Å². The molecule has 1 aromatic rings. The van der Waals surface area contributed by atoms with Crippen molar-refractivity contribution >= 4 is 15.9 Å². The van der Waals surface area contributed by atoms with Gasteiger partial charge in [0.2, 0.25) is 0 Å². The first kappa shape index (κ1) is 17.6. The molecule has 0 spiro atoms. The first-order chi connectivity index (χ1) is 9.65. The molecule has 0 aliphatic heterocycles. The van der Waals surface area contributed by atoms with Crippen LogP contribution in [0.15, 0.2) is 12.1 Å². The summed E-state index contributed by atoms with van der Waals surface area (Å²) in [6.45, 7) is 7.29. The Morgan fingerprint density at radius 1 is 0.850 bits per heavy atom. The third-order valence-corrected chi connectivity index (χ3v) is 4.36. The van der Waals surface area contributed by atoms with Crippen LogP contribution in [0.1, 0.15) is 61.6 Å². The van der Waals surface area contributed by atoms with Crippen LogP contribution in [0.25, 0.3) is 0 Å². The highest BCUT2D eigenvalue weighted by molar-refractivity contribution is 9.09. The Morgan fingerprint density at radius 3 is 2.10 bits per heavy atom. The highest BCUT2D eigenvalue weighted by atomic mass is 79.9. The quantitative estimate of drug-likeness (QED) is 0.368. The zero-order chi connectivity index (χ0) is 14.8. The molecule has 0 saturated heterocycles. The Kier molecular flexibility index (Phi) is 9.00. The van der Waals surface area contributed by atoms with E-state index in [0.29, 0.717) is 0 Å². The van der Waals surface area contributed by atoms with Crippen molar-refractivity contribution in [3.05, 3.63) is 28.8 Å². The number of unbranched alkanes of at least 4 members (excludes halogenated alkanes) is 6. The maximum atomic E-state index is 5.94. The van der Waals surface area contributed by atoms with E-state index in [2.05, 4.69) is 48.8 Å². The normalized spacial score (nSPS) is 10.8. The van der Waals surface area contributed by atoms with E-state index < -0.39 is 0 Å². The Balaban J connectivity index is 2.13. The van der Waals surface area contributed by atoms with Gasteiger partial charge in [-0.3, -0.25) is 0 Å². The zero-order valence-electron chi connectivity index (χ0n) is 13.3. The van der Waals surface area contributed by atoms with Crippen molar-refractivity contribution in [3.8, 4) is 5.75 Å². The van der Waals surface area contributed by atoms with Crippen LogP contribution >= 0.6 is 15.9 Å². The molecule has 0 heterocycles. The number of alkyl halides is 1. The summed E-state index contributed by atoms with van der Waals surface area (Å²) < 4.78 is 5.94. The Bertz CT molecular complexity index is 387. The smallest absolute Gasteiger partial charge is 0.122 e. The van der Waals surface area contributed by atoms with Gasteiger partial charge in [0.15, 0.2) is 0 Å². The number of benzene rings is 1. The predicted molar refractivity (Wildman–Crippen MR) is 92.3 cm³/mol. The van der Waals surface area contributed by atoms with E-state index in [1.165, 1.54) is 61.6 Å². The largest absolute Gasteiger partial charge is 0.493 e. The third kappa shape index (κ3) is 6.78. The summed E-state index contributed by atoms with van der Waals surface area (Å²) >= 11 is 3.47. The lowest BCUT2D eigenvalue weighted by molar-refractivity contribution is 0.302. The van der Waals surface area contributed by atoms with E-state index in [9.17, 15) is 0 Å². The van der Waals surface area contributed by atoms with Gasteiger partial charge in [-0.15, -0.1) is 0 Å². The Morgan fingerprint density at radius 2 is 1.45 bits per heavy atom. The second-order valence-electron chi connectivity index (χ2n) is 5.72. The molecule has 0 fully saturated rings. The van der Waals surface area contributed by atoms with Crippen LogP contribution in [0.4, 0.5) is 0 Å². The fourth-order valence-corrected chi connectivity index (χ4v) is 2.81. The minimum absolute atomic E-state index is 0.852. The van der Waals surface area contributed by atoms with Crippen molar-refractivity contribution in [2.75, 3.05) is 11.9 Å². The second kappa shape index (κ2) is 10.3. The Hall–Kier alpha value is -0.500. The molecule has 20 heavy (non-hydrogen) atoms. The van der Waals surface area contributed by atoms with Gasteiger partial charge in [-0.25, -0.2) is 0 Å². The van der Waals surface area contributed by atoms with Crippen LogP contribution in [0.5, 0.6) is 5.75 Å². The number of halogens is 1. The first-order valence-corrected chi connectivity index (χ1v) is 9.04. The van der Waals surface area contributed by atoms with Crippen molar-refractivity contribution in [2.24, 2.45) is 0 Å². The second-order valence-corrected chi connectivity index (χ2v) is 6.51. The molecular weight excluding hydrogens is 312 g/mol. The predicted octanol–water partition coefficient (Wildman–Crippen LogP) is 6.12. The molecule has 0 amide bonds. The monoisotopic (exact) mass is 340 g/mol. The molecule has 0 saturated carbocycles. The van der Waals surface area contributed by atoms with Gasteiger partial charge in [0.1, 0.15) is 5.75 Å². The summed E-state index contributed by atoms with van der Waals surface area (Å²) in [4.78, 5) is 0. The number of hydrogen-bond acceptors (Lipinski definition) is 1. The van der Waals surface area contributed by atoms with Crippen molar-refractivity contribution in [1.82, 2.24) is 0 Å². The Labute approximate surface area is 133 Å². The van der Waals surface area contributed by atoms with Crippen molar-refractivity contribution in [2.45, 2.75) is 65.7 Å². The average Bonchev–Trinajstić information content (AvgIpc) is 2.42. The van der Waals surface area contributed by atoms with Gasteiger partial charge in [-0.2, -0.15) is 0 Å². The minimum atomic E-state index is 0.852. The summed E-state index contributed by atoms with van der Waals surface area (Å²) in [5.74, 6) is 1.07. The summed E-state index contributed by atoms with van der Waals surface area (Å²) in [5.41, 5.74) is 3.90. The molecule has 0 unspecified atom stereocenters. The lowest BCUT2D eigenvalue weighted by Crippen LogP contribution is -2.00. The molecule has 0 N–H and O–H groups in total. The maximum Gasteiger partial charge on any atom is 0.122 e. The standard InChI is InChI=1S/C18H29BrO/c1-15-13-16(2)17(3)18(14-15)20-12-10-8-6-4-5-7-9-11-19/h13-14H,4-12H2,1-3H3. The van der Waals surface area contributed by atoms with Crippen molar-refractivity contribution < 1.29 is 4.74 Å². The minimum Gasteiger partial charge on any atom is -0.493 e. The number of rotatable bonds is 10. The zero-order valence-corrected chi connectivity index (χ0v) is 14.9. The van der Waals surface area contributed by atoms with Gasteiger partial charge in [-0.1, -0.05) is 54.1 Å². The molecule has 2 heteroatoms. The third-order valence-electron chi connectivity index (χ3n) is 3.80. The molecule has 0 atom stereocenters. The van der Waals surface area contributed by atoms with Crippen LogP contribution in [0.2, 0.25) is 0 Å². The van der Waals surface area contributed by atoms with E-state index >= 15 is 0 Å². The number of ether oxygens (including phenoxy) is 1. The average molecular weight is 341 g/mol. The summed E-state index contributed by atoms with van der Waals surface area (Å²) in [5, 5.41) is 1.15. The fourth-order valence-electron chi connectivity index (χ4n) is 2.41. The fraction of sp³-hybridized carbons (Fsp3) is 0.667. The molecule has 0 radical (unpaired) electrons. The molecule has 0 aliphatic carbocycles. The van der Waals surface area contributed by atoms with E-state index in [0.717, 1.165) is 17.7 Å². The van der Waals surface area contributed by atoms with Gasteiger partial charge >= 0.3 is 0 Å². The van der Waals surface area contributed by atoms with Crippen LogP contribution in [-0.4, -0.2) is 11.9 Å². The topological polar surface area (TPSA) is 9.23 Å². The molecule has 114 valence electrons. The highest BCUT2D eigenvalue weighted by Gasteiger charge is 2.03. The lowest BCUT2D eigenvalue weighted by atomic mass is 10.1. The van der Waals surface area contributed by atoms with Gasteiger partial charge in [0, 0.05) is 5.33 Å². The number of aryl methyl sites for hydroxylation is 2. The molecule has 0 aromatic heterocycles. The number of hydrogen-bond donors (Lipinski definition) is 0. The molecular formula is C18H29BrO. The summed E-state index contributed by atoms with van der Waals surface area (Å²) in [6, 6.07) is 4.37.